The SMILES string of the molecule is Cc1ccc(C(=O)N2CCCN(Cc3ccc(F)cc3)[C@@H](C(C)C)C2)cc1O. The maximum absolute atomic E-state index is 13.2. The van der Waals surface area contributed by atoms with Gasteiger partial charge in [-0.1, -0.05) is 32.0 Å². The van der Waals surface area contributed by atoms with Crippen molar-refractivity contribution in [1.82, 2.24) is 9.80 Å². The maximum atomic E-state index is 13.2. The fourth-order valence-corrected chi connectivity index (χ4v) is 3.83. The Labute approximate surface area is 166 Å². The molecule has 28 heavy (non-hydrogen) atoms. The standard InChI is InChI=1S/C23H29FN2O2/c1-16(2)21-15-26(23(28)19-8-5-17(3)22(27)13-19)12-4-11-25(21)14-18-6-9-20(24)10-7-18/h5-10,13,16,21,27H,4,11-12,14-15H2,1-3H3/t21-/m1/s1. The van der Waals surface area contributed by atoms with Crippen LogP contribution in [0, 0.1) is 18.7 Å². The lowest BCUT2D eigenvalue weighted by Gasteiger charge is -2.34. The summed E-state index contributed by atoms with van der Waals surface area (Å²) in [6, 6.07) is 12.0. The molecule has 1 heterocycles. The molecule has 0 bridgehead atoms. The summed E-state index contributed by atoms with van der Waals surface area (Å²) in [4.78, 5) is 17.3. The fourth-order valence-electron chi connectivity index (χ4n) is 3.83. The largest absolute Gasteiger partial charge is 0.508 e. The molecule has 0 aromatic heterocycles. The van der Waals surface area contributed by atoms with Crippen LogP contribution in [0.2, 0.25) is 0 Å². The summed E-state index contributed by atoms with van der Waals surface area (Å²) >= 11 is 0. The third-order valence-corrected chi connectivity index (χ3v) is 5.56. The van der Waals surface area contributed by atoms with E-state index in [1.165, 1.54) is 12.1 Å². The van der Waals surface area contributed by atoms with Crippen LogP contribution in [0.1, 0.15) is 41.8 Å². The Hall–Kier alpha value is -2.40. The average Bonchev–Trinajstić information content (AvgIpc) is 2.88. The molecular weight excluding hydrogens is 355 g/mol. The number of phenolic OH excluding ortho intramolecular Hbond substituents is 1. The lowest BCUT2D eigenvalue weighted by molar-refractivity contribution is 0.0702. The number of carbonyl (C=O) groups is 1. The van der Waals surface area contributed by atoms with Crippen molar-refractivity contribution in [3.05, 3.63) is 65.0 Å². The summed E-state index contributed by atoms with van der Waals surface area (Å²) in [6.45, 7) is 9.14. The molecule has 1 saturated heterocycles. The number of amides is 1. The van der Waals surface area contributed by atoms with Crippen molar-refractivity contribution in [2.45, 2.75) is 39.8 Å². The summed E-state index contributed by atoms with van der Waals surface area (Å²) < 4.78 is 13.2. The molecular formula is C23H29FN2O2. The molecule has 0 radical (unpaired) electrons. The van der Waals surface area contributed by atoms with Gasteiger partial charge in [0.25, 0.3) is 5.91 Å². The van der Waals surface area contributed by atoms with Crippen LogP contribution in [-0.2, 0) is 6.54 Å². The smallest absolute Gasteiger partial charge is 0.254 e. The Balaban J connectivity index is 1.77. The van der Waals surface area contributed by atoms with Crippen LogP contribution < -0.4 is 0 Å². The van der Waals surface area contributed by atoms with Gasteiger partial charge in [0.1, 0.15) is 11.6 Å². The molecule has 2 aromatic rings. The first kappa shape index (κ1) is 20.3. The van der Waals surface area contributed by atoms with Crippen molar-refractivity contribution < 1.29 is 14.3 Å². The number of aromatic hydroxyl groups is 1. The molecule has 0 saturated carbocycles. The first-order valence-corrected chi connectivity index (χ1v) is 9.92. The summed E-state index contributed by atoms with van der Waals surface area (Å²) in [7, 11) is 0. The number of rotatable bonds is 4. The molecule has 1 aliphatic heterocycles. The molecule has 4 nitrogen and oxygen atoms in total. The van der Waals surface area contributed by atoms with Crippen molar-refractivity contribution >= 4 is 5.91 Å². The number of phenols is 1. The van der Waals surface area contributed by atoms with Crippen LogP contribution in [-0.4, -0.2) is 46.5 Å². The van der Waals surface area contributed by atoms with Gasteiger partial charge in [0.05, 0.1) is 0 Å². The van der Waals surface area contributed by atoms with Gasteiger partial charge in [0.15, 0.2) is 0 Å². The minimum absolute atomic E-state index is 0.0374. The van der Waals surface area contributed by atoms with Gasteiger partial charge in [-0.2, -0.15) is 0 Å². The van der Waals surface area contributed by atoms with Gasteiger partial charge in [-0.05, 0) is 54.7 Å². The predicted octanol–water partition coefficient (Wildman–Crippen LogP) is 4.21. The first-order valence-electron chi connectivity index (χ1n) is 9.92. The number of hydrogen-bond acceptors (Lipinski definition) is 3. The summed E-state index contributed by atoms with van der Waals surface area (Å²) in [5.41, 5.74) is 2.37. The van der Waals surface area contributed by atoms with Gasteiger partial charge in [-0.15, -0.1) is 0 Å². The molecule has 1 amide bonds. The minimum atomic E-state index is -0.224. The van der Waals surface area contributed by atoms with E-state index in [9.17, 15) is 14.3 Å². The topological polar surface area (TPSA) is 43.8 Å². The molecule has 2 aromatic carbocycles. The molecule has 0 unspecified atom stereocenters. The Morgan fingerprint density at radius 3 is 2.54 bits per heavy atom. The zero-order valence-electron chi connectivity index (χ0n) is 16.9. The van der Waals surface area contributed by atoms with Crippen LogP contribution in [0.15, 0.2) is 42.5 Å². The summed E-state index contributed by atoms with van der Waals surface area (Å²) in [6.07, 6.45) is 0.883. The van der Waals surface area contributed by atoms with Gasteiger partial charge in [-0.25, -0.2) is 4.39 Å². The van der Waals surface area contributed by atoms with Crippen LogP contribution in [0.3, 0.4) is 0 Å². The van der Waals surface area contributed by atoms with Gasteiger partial charge in [-0.3, -0.25) is 9.69 Å². The maximum Gasteiger partial charge on any atom is 0.254 e. The number of hydrogen-bond donors (Lipinski definition) is 1. The summed E-state index contributed by atoms with van der Waals surface area (Å²) in [5, 5.41) is 9.96. The van der Waals surface area contributed by atoms with E-state index in [1.54, 1.807) is 18.2 Å². The van der Waals surface area contributed by atoms with E-state index in [2.05, 4.69) is 18.7 Å². The zero-order valence-corrected chi connectivity index (χ0v) is 16.9. The second-order valence-corrected chi connectivity index (χ2v) is 8.01. The number of halogens is 1. The number of carbonyl (C=O) groups excluding carboxylic acids is 1. The second kappa shape index (κ2) is 8.74. The molecule has 1 fully saturated rings. The molecule has 150 valence electrons. The lowest BCUT2D eigenvalue weighted by Crippen LogP contribution is -2.45. The van der Waals surface area contributed by atoms with Crippen LogP contribution in [0.25, 0.3) is 0 Å². The fraction of sp³-hybridized carbons (Fsp3) is 0.435. The normalized spacial score (nSPS) is 18.3. The van der Waals surface area contributed by atoms with E-state index in [0.29, 0.717) is 24.6 Å². The Bertz CT molecular complexity index is 820. The Morgan fingerprint density at radius 1 is 1.18 bits per heavy atom. The highest BCUT2D eigenvalue weighted by atomic mass is 19.1. The molecule has 1 aliphatic rings. The van der Waals surface area contributed by atoms with Crippen molar-refractivity contribution in [2.24, 2.45) is 5.92 Å². The van der Waals surface area contributed by atoms with Gasteiger partial charge in [0, 0.05) is 37.8 Å². The zero-order chi connectivity index (χ0) is 20.3. The van der Waals surface area contributed by atoms with E-state index >= 15 is 0 Å². The Morgan fingerprint density at radius 2 is 1.89 bits per heavy atom. The van der Waals surface area contributed by atoms with E-state index in [0.717, 1.165) is 30.6 Å². The van der Waals surface area contributed by atoms with Crippen molar-refractivity contribution in [1.29, 1.82) is 0 Å². The van der Waals surface area contributed by atoms with Crippen LogP contribution in [0.5, 0.6) is 5.75 Å². The first-order chi connectivity index (χ1) is 13.3. The predicted molar refractivity (Wildman–Crippen MR) is 109 cm³/mol. The summed E-state index contributed by atoms with van der Waals surface area (Å²) in [5.74, 6) is 0.266. The van der Waals surface area contributed by atoms with E-state index in [1.807, 2.05) is 24.0 Å². The minimum Gasteiger partial charge on any atom is -0.508 e. The van der Waals surface area contributed by atoms with Gasteiger partial charge in [0.2, 0.25) is 0 Å². The number of aryl methyl sites for hydroxylation is 1. The Kier molecular flexibility index (Phi) is 6.35. The molecule has 1 atom stereocenters. The quantitative estimate of drug-likeness (QED) is 0.859. The van der Waals surface area contributed by atoms with Crippen LogP contribution >= 0.6 is 0 Å². The molecule has 0 spiro atoms. The average molecular weight is 384 g/mol. The van der Waals surface area contributed by atoms with E-state index in [4.69, 9.17) is 0 Å². The monoisotopic (exact) mass is 384 g/mol. The third-order valence-electron chi connectivity index (χ3n) is 5.56. The number of nitrogens with zero attached hydrogens (tertiary/aromatic N) is 2. The van der Waals surface area contributed by atoms with E-state index in [-0.39, 0.29) is 23.5 Å². The molecule has 3 rings (SSSR count). The van der Waals surface area contributed by atoms with Crippen molar-refractivity contribution in [3.63, 3.8) is 0 Å². The molecule has 5 heteroatoms. The molecule has 0 aliphatic carbocycles. The third kappa shape index (κ3) is 4.71. The number of benzene rings is 2. The highest BCUT2D eigenvalue weighted by molar-refractivity contribution is 5.94. The van der Waals surface area contributed by atoms with Crippen molar-refractivity contribution in [2.75, 3.05) is 19.6 Å². The highest BCUT2D eigenvalue weighted by Crippen LogP contribution is 2.23. The lowest BCUT2D eigenvalue weighted by atomic mass is 10.0. The van der Waals surface area contributed by atoms with Crippen LogP contribution in [0.4, 0.5) is 4.39 Å². The van der Waals surface area contributed by atoms with Gasteiger partial charge < -0.3 is 10.0 Å². The van der Waals surface area contributed by atoms with Gasteiger partial charge >= 0.3 is 0 Å². The molecule has 1 N–H and O–H groups in total. The highest BCUT2D eigenvalue weighted by Gasteiger charge is 2.30. The van der Waals surface area contributed by atoms with E-state index < -0.39 is 0 Å². The van der Waals surface area contributed by atoms with Crippen molar-refractivity contribution in [3.8, 4) is 5.75 Å². The second-order valence-electron chi connectivity index (χ2n) is 8.01.